The Bertz CT molecular complexity index is 433. The van der Waals surface area contributed by atoms with Crippen molar-refractivity contribution in [1.29, 1.82) is 0 Å². The molecule has 1 atom stereocenters. The average molecular weight is 286 g/mol. The quantitative estimate of drug-likeness (QED) is 0.778. The number of phenolic OH excluding ortho intramolecular Hbond substituents is 1. The predicted molar refractivity (Wildman–Crippen MR) is 74.9 cm³/mol. The third kappa shape index (κ3) is 3.53. The van der Waals surface area contributed by atoms with Crippen molar-refractivity contribution in [3.8, 4) is 11.5 Å². The molecule has 1 aromatic carbocycles. The molecule has 3 N–H and O–H groups in total. The van der Waals surface area contributed by atoms with Crippen molar-refractivity contribution in [3.05, 3.63) is 22.7 Å². The fourth-order valence-electron chi connectivity index (χ4n) is 2.47. The first-order valence-electron chi connectivity index (χ1n) is 6.59. The summed E-state index contributed by atoms with van der Waals surface area (Å²) in [6.07, 6.45) is 4.20. The smallest absolute Gasteiger partial charge is 0.176 e. The molecule has 19 heavy (non-hydrogen) atoms. The predicted octanol–water partition coefficient (Wildman–Crippen LogP) is 2.62. The summed E-state index contributed by atoms with van der Waals surface area (Å²) >= 11 is 5.91. The maximum atomic E-state index is 10.2. The highest BCUT2D eigenvalue weighted by Gasteiger charge is 2.18. The molecule has 5 heteroatoms. The Balaban J connectivity index is 2.01. The van der Waals surface area contributed by atoms with E-state index in [1.165, 1.54) is 32.8 Å². The molecule has 1 aromatic rings. The van der Waals surface area contributed by atoms with Gasteiger partial charge in [0, 0.05) is 12.6 Å². The minimum Gasteiger partial charge on any atom is -0.503 e. The Kier molecular flexibility index (Phi) is 4.91. The molecule has 1 aliphatic carbocycles. The molecular formula is C14H20ClNO3. The number of aliphatic hydroxyl groups excluding tert-OH is 1. The molecule has 0 amide bonds. The van der Waals surface area contributed by atoms with Gasteiger partial charge < -0.3 is 20.3 Å². The van der Waals surface area contributed by atoms with Crippen LogP contribution in [-0.2, 0) is 0 Å². The Labute approximate surface area is 118 Å². The lowest BCUT2D eigenvalue weighted by Gasteiger charge is -2.17. The van der Waals surface area contributed by atoms with Crippen molar-refractivity contribution in [3.63, 3.8) is 0 Å². The highest BCUT2D eigenvalue weighted by molar-refractivity contribution is 6.32. The number of rotatable bonds is 5. The van der Waals surface area contributed by atoms with E-state index in [1.807, 2.05) is 0 Å². The van der Waals surface area contributed by atoms with Crippen molar-refractivity contribution >= 4 is 11.6 Å². The summed E-state index contributed by atoms with van der Waals surface area (Å²) in [5.41, 5.74) is 0.644. The number of ether oxygens (including phenoxy) is 1. The number of hydrogen-bond acceptors (Lipinski definition) is 4. The summed E-state index contributed by atoms with van der Waals surface area (Å²) in [6, 6.07) is 3.69. The lowest BCUT2D eigenvalue weighted by molar-refractivity contribution is 0.169. The lowest BCUT2D eigenvalue weighted by atomic mass is 10.1. The lowest BCUT2D eigenvalue weighted by Crippen LogP contribution is -2.30. The third-order valence-electron chi connectivity index (χ3n) is 3.61. The van der Waals surface area contributed by atoms with Gasteiger partial charge in [-0.3, -0.25) is 0 Å². The zero-order valence-electron chi connectivity index (χ0n) is 11.0. The maximum absolute atomic E-state index is 10.2. The van der Waals surface area contributed by atoms with Crippen LogP contribution in [0.25, 0.3) is 0 Å². The Morgan fingerprint density at radius 1 is 1.42 bits per heavy atom. The summed E-state index contributed by atoms with van der Waals surface area (Å²) in [5.74, 6) is 0.186. The Morgan fingerprint density at radius 3 is 2.74 bits per heavy atom. The number of methoxy groups -OCH3 is 1. The molecule has 0 spiro atoms. The minimum atomic E-state index is -0.660. The molecule has 0 heterocycles. The summed E-state index contributed by atoms with van der Waals surface area (Å²) in [5, 5.41) is 23.4. The molecule has 2 rings (SSSR count). The minimum absolute atomic E-state index is 0.0936. The molecular weight excluding hydrogens is 266 g/mol. The van der Waals surface area contributed by atoms with Gasteiger partial charge in [-0.25, -0.2) is 0 Å². The van der Waals surface area contributed by atoms with Gasteiger partial charge in [-0.05, 0) is 30.5 Å². The number of aliphatic hydroxyl groups is 1. The van der Waals surface area contributed by atoms with Gasteiger partial charge in [0.1, 0.15) is 0 Å². The van der Waals surface area contributed by atoms with Gasteiger partial charge in [0.25, 0.3) is 0 Å². The van der Waals surface area contributed by atoms with Gasteiger partial charge in [0.2, 0.25) is 0 Å². The van der Waals surface area contributed by atoms with Crippen LogP contribution in [0.4, 0.5) is 0 Å². The molecule has 0 saturated heterocycles. The van der Waals surface area contributed by atoms with E-state index in [-0.39, 0.29) is 16.5 Å². The number of aromatic hydroxyl groups is 1. The third-order valence-corrected chi connectivity index (χ3v) is 3.90. The summed E-state index contributed by atoms with van der Waals surface area (Å²) in [4.78, 5) is 0. The topological polar surface area (TPSA) is 61.7 Å². The van der Waals surface area contributed by atoms with Crippen LogP contribution >= 0.6 is 11.6 Å². The first-order valence-corrected chi connectivity index (χ1v) is 6.97. The van der Waals surface area contributed by atoms with Crippen LogP contribution in [0.3, 0.4) is 0 Å². The van der Waals surface area contributed by atoms with Crippen LogP contribution in [0.15, 0.2) is 12.1 Å². The highest BCUT2D eigenvalue weighted by Crippen LogP contribution is 2.36. The Hall–Kier alpha value is -0.970. The van der Waals surface area contributed by atoms with Gasteiger partial charge in [0.15, 0.2) is 11.5 Å². The van der Waals surface area contributed by atoms with Gasteiger partial charge in [0.05, 0.1) is 18.2 Å². The molecule has 0 aromatic heterocycles. The second kappa shape index (κ2) is 6.46. The first-order chi connectivity index (χ1) is 9.11. The maximum Gasteiger partial charge on any atom is 0.176 e. The second-order valence-electron chi connectivity index (χ2n) is 4.96. The van der Waals surface area contributed by atoms with Gasteiger partial charge in [-0.15, -0.1) is 0 Å². The number of halogens is 1. The van der Waals surface area contributed by atoms with Crippen LogP contribution in [0.1, 0.15) is 37.4 Å². The molecule has 1 saturated carbocycles. The van der Waals surface area contributed by atoms with Crippen LogP contribution < -0.4 is 10.1 Å². The fourth-order valence-corrected chi connectivity index (χ4v) is 2.69. The number of nitrogens with one attached hydrogen (secondary N) is 1. The van der Waals surface area contributed by atoms with E-state index >= 15 is 0 Å². The normalized spacial score (nSPS) is 17.6. The molecule has 0 aliphatic heterocycles. The number of benzene rings is 1. The standard InChI is InChI=1S/C14H20ClNO3/c1-19-13-7-9(6-11(15)14(13)18)12(17)8-16-10-4-2-3-5-10/h6-7,10,12,16-18H,2-5,8H2,1H3/t12-/m0/s1. The van der Waals surface area contributed by atoms with Crippen molar-refractivity contribution in [1.82, 2.24) is 5.32 Å². The molecule has 4 nitrogen and oxygen atoms in total. The van der Waals surface area contributed by atoms with Crippen LogP contribution in [0.2, 0.25) is 5.02 Å². The zero-order chi connectivity index (χ0) is 13.8. The van der Waals surface area contributed by atoms with Crippen LogP contribution in [0.5, 0.6) is 11.5 Å². The van der Waals surface area contributed by atoms with Crippen molar-refractivity contribution in [2.24, 2.45) is 0 Å². The monoisotopic (exact) mass is 285 g/mol. The summed E-state index contributed by atoms with van der Waals surface area (Å²) in [7, 11) is 1.46. The van der Waals surface area contributed by atoms with Gasteiger partial charge in [-0.2, -0.15) is 0 Å². The summed E-state index contributed by atoms with van der Waals surface area (Å²) < 4.78 is 5.03. The summed E-state index contributed by atoms with van der Waals surface area (Å²) in [6.45, 7) is 0.481. The SMILES string of the molecule is COc1cc([C@@H](O)CNC2CCCC2)cc(Cl)c1O. The van der Waals surface area contributed by atoms with E-state index in [4.69, 9.17) is 16.3 Å². The molecule has 106 valence electrons. The van der Waals surface area contributed by atoms with Gasteiger partial charge >= 0.3 is 0 Å². The first kappa shape index (κ1) is 14.4. The highest BCUT2D eigenvalue weighted by atomic mass is 35.5. The van der Waals surface area contributed by atoms with E-state index < -0.39 is 6.10 Å². The molecule has 1 aliphatic rings. The van der Waals surface area contributed by atoms with Crippen molar-refractivity contribution in [2.75, 3.05) is 13.7 Å². The van der Waals surface area contributed by atoms with Crippen molar-refractivity contribution in [2.45, 2.75) is 37.8 Å². The van der Waals surface area contributed by atoms with E-state index in [0.717, 1.165) is 0 Å². The number of hydrogen-bond donors (Lipinski definition) is 3. The van der Waals surface area contributed by atoms with E-state index in [0.29, 0.717) is 18.2 Å². The molecule has 0 radical (unpaired) electrons. The average Bonchev–Trinajstić information content (AvgIpc) is 2.92. The zero-order valence-corrected chi connectivity index (χ0v) is 11.8. The Morgan fingerprint density at radius 2 is 2.11 bits per heavy atom. The second-order valence-corrected chi connectivity index (χ2v) is 5.37. The molecule has 0 unspecified atom stereocenters. The van der Waals surface area contributed by atoms with Crippen LogP contribution in [0, 0.1) is 0 Å². The van der Waals surface area contributed by atoms with E-state index in [9.17, 15) is 10.2 Å². The van der Waals surface area contributed by atoms with Crippen molar-refractivity contribution < 1.29 is 14.9 Å². The van der Waals surface area contributed by atoms with Gasteiger partial charge in [-0.1, -0.05) is 24.4 Å². The number of phenols is 1. The molecule has 0 bridgehead atoms. The van der Waals surface area contributed by atoms with Crippen LogP contribution in [-0.4, -0.2) is 29.9 Å². The van der Waals surface area contributed by atoms with E-state index in [2.05, 4.69) is 5.32 Å². The molecule has 1 fully saturated rings. The largest absolute Gasteiger partial charge is 0.503 e. The van der Waals surface area contributed by atoms with E-state index in [1.54, 1.807) is 12.1 Å². The fraction of sp³-hybridized carbons (Fsp3) is 0.571.